The maximum absolute atomic E-state index is 11.1. The van der Waals surface area contributed by atoms with Crippen LogP contribution in [0.4, 0.5) is 0 Å². The second kappa shape index (κ2) is 5.57. The van der Waals surface area contributed by atoms with E-state index in [9.17, 15) is 4.79 Å². The maximum Gasteiger partial charge on any atom is 0.338 e. The Bertz CT molecular complexity index is 866. The Morgan fingerprint density at radius 3 is 2.64 bits per heavy atom. The highest BCUT2D eigenvalue weighted by Gasteiger charge is 2.14. The highest BCUT2D eigenvalue weighted by Crippen LogP contribution is 2.27. The van der Waals surface area contributed by atoms with Crippen molar-refractivity contribution >= 4 is 28.6 Å². The fraction of sp³-hybridized carbons (Fsp3) is 0.0667. The van der Waals surface area contributed by atoms with Gasteiger partial charge >= 0.3 is 5.97 Å². The summed E-state index contributed by atoms with van der Waals surface area (Å²) in [4.78, 5) is 23.7. The highest BCUT2D eigenvalue weighted by atomic mass is 35.5. The first kappa shape index (κ1) is 14.2. The van der Waals surface area contributed by atoms with Gasteiger partial charge in [-0.05, 0) is 18.2 Å². The predicted octanol–water partition coefficient (Wildman–Crippen LogP) is 3.05. The predicted molar refractivity (Wildman–Crippen MR) is 81.3 cm³/mol. The van der Waals surface area contributed by atoms with Gasteiger partial charge in [-0.25, -0.2) is 14.8 Å². The molecule has 7 heteroatoms. The first-order valence-electron chi connectivity index (χ1n) is 6.29. The number of carbonyl (C=O) groups is 1. The van der Waals surface area contributed by atoms with Crippen LogP contribution < -0.4 is 4.74 Å². The van der Waals surface area contributed by atoms with E-state index in [1.165, 1.54) is 13.3 Å². The lowest BCUT2D eigenvalue weighted by Crippen LogP contribution is -2.00. The molecule has 0 aliphatic rings. The second-order valence-electron chi connectivity index (χ2n) is 4.44. The van der Waals surface area contributed by atoms with Gasteiger partial charge in [0.05, 0.1) is 28.9 Å². The minimum absolute atomic E-state index is 0.0702. The van der Waals surface area contributed by atoms with Crippen LogP contribution in [0.5, 0.6) is 5.88 Å². The van der Waals surface area contributed by atoms with Crippen LogP contribution in [-0.4, -0.2) is 33.1 Å². The van der Waals surface area contributed by atoms with Gasteiger partial charge < -0.3 is 9.84 Å². The normalized spacial score (nSPS) is 10.6. The van der Waals surface area contributed by atoms with Crippen molar-refractivity contribution in [2.24, 2.45) is 0 Å². The molecule has 0 aliphatic carbocycles. The Morgan fingerprint density at radius 2 is 2.00 bits per heavy atom. The monoisotopic (exact) mass is 315 g/mol. The zero-order valence-electron chi connectivity index (χ0n) is 11.4. The average Bonchev–Trinajstić information content (AvgIpc) is 2.55. The fourth-order valence-electron chi connectivity index (χ4n) is 2.00. The smallest absolute Gasteiger partial charge is 0.338 e. The summed E-state index contributed by atoms with van der Waals surface area (Å²) in [5.74, 6) is -0.643. The molecule has 0 amide bonds. The fourth-order valence-corrected chi connectivity index (χ4v) is 2.27. The third-order valence-corrected chi connectivity index (χ3v) is 3.51. The summed E-state index contributed by atoms with van der Waals surface area (Å²) in [6.45, 7) is 0. The SMILES string of the molecule is COc1ccc(-c2ccc3ncc(C(=O)O)c(Cl)c3n2)cn1. The molecule has 3 aromatic rings. The van der Waals surface area contributed by atoms with Crippen LogP contribution in [0.25, 0.3) is 22.3 Å². The molecule has 3 rings (SSSR count). The molecule has 3 aromatic heterocycles. The van der Waals surface area contributed by atoms with Gasteiger partial charge in [0.15, 0.2) is 0 Å². The molecule has 0 unspecified atom stereocenters. The number of carboxylic acid groups (broad SMARTS) is 1. The van der Waals surface area contributed by atoms with E-state index in [1.807, 2.05) is 6.07 Å². The van der Waals surface area contributed by atoms with Gasteiger partial charge in [0.2, 0.25) is 5.88 Å². The van der Waals surface area contributed by atoms with E-state index < -0.39 is 5.97 Å². The number of pyridine rings is 3. The van der Waals surface area contributed by atoms with Crippen LogP contribution in [0.2, 0.25) is 5.02 Å². The number of methoxy groups -OCH3 is 1. The van der Waals surface area contributed by atoms with Crippen molar-refractivity contribution < 1.29 is 14.6 Å². The topological polar surface area (TPSA) is 85.2 Å². The number of hydrogen-bond donors (Lipinski definition) is 1. The number of fused-ring (bicyclic) bond motifs is 1. The molecule has 6 nitrogen and oxygen atoms in total. The molecule has 0 bridgehead atoms. The Kier molecular flexibility index (Phi) is 3.60. The number of rotatable bonds is 3. The van der Waals surface area contributed by atoms with Crippen molar-refractivity contribution in [1.82, 2.24) is 15.0 Å². The summed E-state index contributed by atoms with van der Waals surface area (Å²) in [5, 5.41) is 9.16. The van der Waals surface area contributed by atoms with E-state index in [0.29, 0.717) is 22.6 Å². The Morgan fingerprint density at radius 1 is 1.18 bits per heavy atom. The molecule has 3 heterocycles. The average molecular weight is 316 g/mol. The van der Waals surface area contributed by atoms with E-state index >= 15 is 0 Å². The third-order valence-electron chi connectivity index (χ3n) is 3.12. The van der Waals surface area contributed by atoms with Gasteiger partial charge in [-0.2, -0.15) is 0 Å². The molecule has 0 aliphatic heterocycles. The molecular weight excluding hydrogens is 306 g/mol. The molecule has 0 spiro atoms. The first-order valence-corrected chi connectivity index (χ1v) is 6.67. The van der Waals surface area contributed by atoms with Crippen molar-refractivity contribution in [1.29, 1.82) is 0 Å². The molecule has 0 saturated carbocycles. The largest absolute Gasteiger partial charge is 0.481 e. The van der Waals surface area contributed by atoms with Crippen molar-refractivity contribution in [2.75, 3.05) is 7.11 Å². The van der Waals surface area contributed by atoms with Crippen LogP contribution in [0.1, 0.15) is 10.4 Å². The number of hydrogen-bond acceptors (Lipinski definition) is 5. The summed E-state index contributed by atoms with van der Waals surface area (Å²) in [7, 11) is 1.54. The number of ether oxygens (including phenoxy) is 1. The lowest BCUT2D eigenvalue weighted by molar-refractivity contribution is 0.0697. The minimum Gasteiger partial charge on any atom is -0.481 e. The zero-order chi connectivity index (χ0) is 15.7. The van der Waals surface area contributed by atoms with E-state index in [2.05, 4.69) is 15.0 Å². The highest BCUT2D eigenvalue weighted by molar-refractivity contribution is 6.37. The number of nitrogens with zero attached hydrogens (tertiary/aromatic N) is 3. The quantitative estimate of drug-likeness (QED) is 0.799. The van der Waals surface area contributed by atoms with Gasteiger partial charge in [0.25, 0.3) is 0 Å². The molecule has 110 valence electrons. The van der Waals surface area contributed by atoms with Crippen molar-refractivity contribution in [3.05, 3.63) is 47.2 Å². The summed E-state index contributed by atoms with van der Waals surface area (Å²) < 4.78 is 5.01. The number of aromatic carboxylic acids is 1. The molecule has 0 atom stereocenters. The summed E-state index contributed by atoms with van der Waals surface area (Å²) in [6.07, 6.45) is 2.85. The Balaban J connectivity index is 2.15. The van der Waals surface area contributed by atoms with Crippen molar-refractivity contribution in [3.63, 3.8) is 0 Å². The minimum atomic E-state index is -1.14. The molecular formula is C15H10ClN3O3. The summed E-state index contributed by atoms with van der Waals surface area (Å²) in [5.41, 5.74) is 2.18. The van der Waals surface area contributed by atoms with Crippen LogP contribution in [-0.2, 0) is 0 Å². The van der Waals surface area contributed by atoms with Crippen LogP contribution in [0.15, 0.2) is 36.7 Å². The second-order valence-corrected chi connectivity index (χ2v) is 4.82. The molecule has 1 N–H and O–H groups in total. The van der Waals surface area contributed by atoms with Crippen molar-refractivity contribution in [3.8, 4) is 17.1 Å². The van der Waals surface area contributed by atoms with E-state index in [4.69, 9.17) is 21.4 Å². The number of carboxylic acids is 1. The molecule has 0 fully saturated rings. The van der Waals surface area contributed by atoms with Gasteiger partial charge in [0, 0.05) is 24.0 Å². The molecule has 0 saturated heterocycles. The Hall–Kier alpha value is -2.73. The van der Waals surface area contributed by atoms with E-state index in [-0.39, 0.29) is 10.6 Å². The van der Waals surface area contributed by atoms with Gasteiger partial charge in [-0.1, -0.05) is 11.6 Å². The first-order chi connectivity index (χ1) is 10.6. The maximum atomic E-state index is 11.1. The van der Waals surface area contributed by atoms with E-state index in [0.717, 1.165) is 5.56 Å². The summed E-state index contributed by atoms with van der Waals surface area (Å²) >= 11 is 6.12. The van der Waals surface area contributed by atoms with E-state index in [1.54, 1.807) is 24.4 Å². The van der Waals surface area contributed by atoms with Gasteiger partial charge in [-0.15, -0.1) is 0 Å². The van der Waals surface area contributed by atoms with Gasteiger partial charge in [-0.3, -0.25) is 4.98 Å². The zero-order valence-corrected chi connectivity index (χ0v) is 12.2. The van der Waals surface area contributed by atoms with Gasteiger partial charge in [0.1, 0.15) is 5.52 Å². The molecule has 0 radical (unpaired) electrons. The molecule has 0 aromatic carbocycles. The standard InChI is InChI=1S/C15H10ClN3O3/c1-22-12-5-2-8(6-18-12)10-3-4-11-14(19-10)13(16)9(7-17-11)15(20)21/h2-7H,1H3,(H,20,21). The lowest BCUT2D eigenvalue weighted by Gasteiger charge is -2.06. The third kappa shape index (κ3) is 2.44. The van der Waals surface area contributed by atoms with Crippen LogP contribution >= 0.6 is 11.6 Å². The molecule has 22 heavy (non-hydrogen) atoms. The Labute approximate surface area is 130 Å². The van der Waals surface area contributed by atoms with Crippen LogP contribution in [0.3, 0.4) is 0 Å². The lowest BCUT2D eigenvalue weighted by atomic mass is 10.1. The number of halogens is 1. The van der Waals surface area contributed by atoms with Crippen LogP contribution in [0, 0.1) is 0 Å². The van der Waals surface area contributed by atoms with Crippen molar-refractivity contribution in [2.45, 2.75) is 0 Å². The number of aromatic nitrogens is 3. The summed E-state index contributed by atoms with van der Waals surface area (Å²) in [6, 6.07) is 7.03.